The minimum Gasteiger partial charge on any atom is -0.508 e. The molecule has 0 saturated carbocycles. The van der Waals surface area contributed by atoms with Crippen LogP contribution < -0.4 is 4.74 Å². The van der Waals surface area contributed by atoms with Gasteiger partial charge in [0, 0.05) is 11.5 Å². The average Bonchev–Trinajstić information content (AvgIpc) is 2.57. The van der Waals surface area contributed by atoms with Gasteiger partial charge < -0.3 is 24.8 Å². The second-order valence-electron chi connectivity index (χ2n) is 5.06. The summed E-state index contributed by atoms with van der Waals surface area (Å²) < 4.78 is 9.55. The first-order valence-electron chi connectivity index (χ1n) is 7.06. The van der Waals surface area contributed by atoms with E-state index >= 15 is 0 Å². The van der Waals surface area contributed by atoms with Gasteiger partial charge >= 0.3 is 5.97 Å². The van der Waals surface area contributed by atoms with Crippen molar-refractivity contribution < 1.29 is 29.6 Å². The molecule has 6 nitrogen and oxygen atoms in total. The van der Waals surface area contributed by atoms with Gasteiger partial charge in [-0.05, 0) is 29.8 Å². The number of methoxy groups -OCH3 is 2. The Bertz CT molecular complexity index is 781. The zero-order valence-electron chi connectivity index (χ0n) is 13.3. The quantitative estimate of drug-likeness (QED) is 0.443. The second-order valence-corrected chi connectivity index (χ2v) is 5.06. The largest absolute Gasteiger partial charge is 0.508 e. The summed E-state index contributed by atoms with van der Waals surface area (Å²) in [5.41, 5.74) is 0.822. The zero-order valence-corrected chi connectivity index (χ0v) is 13.3. The van der Waals surface area contributed by atoms with E-state index in [9.17, 15) is 20.1 Å². The number of carbonyl (C=O) groups excluding carboxylic acids is 1. The van der Waals surface area contributed by atoms with Gasteiger partial charge in [-0.15, -0.1) is 6.58 Å². The van der Waals surface area contributed by atoms with E-state index in [-0.39, 0.29) is 22.8 Å². The van der Waals surface area contributed by atoms with Crippen molar-refractivity contribution in [3.63, 3.8) is 0 Å². The highest BCUT2D eigenvalue weighted by Gasteiger charge is 2.21. The van der Waals surface area contributed by atoms with Crippen molar-refractivity contribution in [2.75, 3.05) is 14.2 Å². The molecule has 0 aliphatic heterocycles. The Hall–Kier alpha value is -3.15. The van der Waals surface area contributed by atoms with Gasteiger partial charge in [-0.1, -0.05) is 12.1 Å². The van der Waals surface area contributed by atoms with E-state index in [0.717, 1.165) is 6.07 Å². The number of esters is 1. The van der Waals surface area contributed by atoms with Crippen molar-refractivity contribution in [3.8, 4) is 23.0 Å². The van der Waals surface area contributed by atoms with Crippen LogP contribution in [-0.4, -0.2) is 35.5 Å². The molecule has 1 atom stereocenters. The number of allylic oxidation sites excluding steroid dienone is 1. The Morgan fingerprint density at radius 2 is 1.79 bits per heavy atom. The lowest BCUT2D eigenvalue weighted by Crippen LogP contribution is -2.04. The maximum Gasteiger partial charge on any atom is 0.341 e. The summed E-state index contributed by atoms with van der Waals surface area (Å²) in [6, 6.07) is 7.18. The predicted octanol–water partition coefficient (Wildman–Crippen LogP) is 2.92. The van der Waals surface area contributed by atoms with Gasteiger partial charge in [-0.25, -0.2) is 4.79 Å². The number of ether oxygens (including phenoxy) is 2. The molecule has 6 heteroatoms. The SMILES string of the molecule is C=C[C@@H](c1ccc(OC)c(O)c1)c1cc(O)c(C(=O)OC)cc1O. The van der Waals surface area contributed by atoms with Gasteiger partial charge in [0.1, 0.15) is 17.1 Å². The lowest BCUT2D eigenvalue weighted by Gasteiger charge is -2.17. The molecule has 2 rings (SSSR count). The standard InChI is InChI=1S/C18H18O6/c1-4-11(10-5-6-17(23-2)16(21)7-10)12-8-15(20)13(9-14(12)19)18(22)24-3/h4-9,11,19-21H,1H2,2-3H3/t11-/m0/s1. The fourth-order valence-electron chi connectivity index (χ4n) is 2.46. The van der Waals surface area contributed by atoms with Gasteiger partial charge in [-0.3, -0.25) is 0 Å². The highest BCUT2D eigenvalue weighted by molar-refractivity contribution is 5.93. The molecule has 0 aromatic heterocycles. The lowest BCUT2D eigenvalue weighted by atomic mass is 9.89. The van der Waals surface area contributed by atoms with E-state index in [2.05, 4.69) is 11.3 Å². The molecule has 0 unspecified atom stereocenters. The van der Waals surface area contributed by atoms with Crippen LogP contribution in [0.15, 0.2) is 43.0 Å². The predicted molar refractivity (Wildman–Crippen MR) is 87.8 cm³/mol. The van der Waals surface area contributed by atoms with Gasteiger partial charge in [-0.2, -0.15) is 0 Å². The van der Waals surface area contributed by atoms with Gasteiger partial charge in [0.15, 0.2) is 11.5 Å². The minimum atomic E-state index is -0.758. The highest BCUT2D eigenvalue weighted by Crippen LogP contribution is 2.39. The highest BCUT2D eigenvalue weighted by atomic mass is 16.5. The number of phenols is 3. The summed E-state index contributed by atoms with van der Waals surface area (Å²) in [6.45, 7) is 3.73. The topological polar surface area (TPSA) is 96.2 Å². The van der Waals surface area contributed by atoms with Crippen LogP contribution in [0.3, 0.4) is 0 Å². The summed E-state index contributed by atoms with van der Waals surface area (Å²) in [6.07, 6.45) is 1.55. The number of aromatic hydroxyl groups is 3. The molecule has 126 valence electrons. The molecule has 0 heterocycles. The normalized spacial score (nSPS) is 11.6. The monoisotopic (exact) mass is 330 g/mol. The molecule has 0 bridgehead atoms. The number of phenolic OH excluding ortho intramolecular Hbond substituents is 3. The third kappa shape index (κ3) is 3.12. The molecule has 24 heavy (non-hydrogen) atoms. The van der Waals surface area contributed by atoms with Crippen molar-refractivity contribution in [2.24, 2.45) is 0 Å². The van der Waals surface area contributed by atoms with Crippen LogP contribution in [0.25, 0.3) is 0 Å². The smallest absolute Gasteiger partial charge is 0.341 e. The summed E-state index contributed by atoms with van der Waals surface area (Å²) in [5, 5.41) is 30.2. The Morgan fingerprint density at radius 1 is 1.08 bits per heavy atom. The summed E-state index contributed by atoms with van der Waals surface area (Å²) in [5.74, 6) is -1.54. The summed E-state index contributed by atoms with van der Waals surface area (Å²) >= 11 is 0. The maximum atomic E-state index is 11.6. The van der Waals surface area contributed by atoms with Crippen LogP contribution >= 0.6 is 0 Å². The van der Waals surface area contributed by atoms with Crippen molar-refractivity contribution in [2.45, 2.75) is 5.92 Å². The summed E-state index contributed by atoms with van der Waals surface area (Å²) in [7, 11) is 2.62. The zero-order chi connectivity index (χ0) is 17.9. The third-order valence-electron chi connectivity index (χ3n) is 3.68. The first-order valence-corrected chi connectivity index (χ1v) is 7.06. The number of benzene rings is 2. The van der Waals surface area contributed by atoms with Gasteiger partial charge in [0.05, 0.1) is 14.2 Å². The van der Waals surface area contributed by atoms with Crippen LogP contribution in [0.1, 0.15) is 27.4 Å². The van der Waals surface area contributed by atoms with E-state index in [1.165, 1.54) is 26.4 Å². The molecule has 0 aliphatic carbocycles. The second kappa shape index (κ2) is 6.95. The van der Waals surface area contributed by atoms with Crippen LogP contribution in [0.2, 0.25) is 0 Å². The van der Waals surface area contributed by atoms with Crippen molar-refractivity contribution in [1.29, 1.82) is 0 Å². The lowest BCUT2D eigenvalue weighted by molar-refractivity contribution is 0.0597. The molecule has 0 spiro atoms. The van der Waals surface area contributed by atoms with E-state index in [4.69, 9.17) is 4.74 Å². The number of carbonyl (C=O) groups is 1. The van der Waals surface area contributed by atoms with Crippen LogP contribution in [0.4, 0.5) is 0 Å². The maximum absolute atomic E-state index is 11.6. The number of hydrogen-bond donors (Lipinski definition) is 3. The first kappa shape index (κ1) is 17.2. The Balaban J connectivity index is 2.52. The van der Waals surface area contributed by atoms with Crippen LogP contribution in [-0.2, 0) is 4.74 Å². The molecule has 0 fully saturated rings. The molecule has 0 saturated heterocycles. The number of rotatable bonds is 5. The van der Waals surface area contributed by atoms with Crippen LogP contribution in [0.5, 0.6) is 23.0 Å². The third-order valence-corrected chi connectivity index (χ3v) is 3.68. The van der Waals surface area contributed by atoms with Crippen LogP contribution in [0, 0.1) is 0 Å². The van der Waals surface area contributed by atoms with E-state index in [1.807, 2.05) is 0 Å². The van der Waals surface area contributed by atoms with E-state index < -0.39 is 11.9 Å². The molecule has 2 aromatic rings. The van der Waals surface area contributed by atoms with Crippen molar-refractivity contribution in [1.82, 2.24) is 0 Å². The van der Waals surface area contributed by atoms with E-state index in [1.54, 1.807) is 18.2 Å². The first-order chi connectivity index (χ1) is 11.4. The molecular formula is C18H18O6. The fraction of sp³-hybridized carbons (Fsp3) is 0.167. The van der Waals surface area contributed by atoms with E-state index in [0.29, 0.717) is 16.9 Å². The number of hydrogen-bond acceptors (Lipinski definition) is 6. The van der Waals surface area contributed by atoms with Crippen molar-refractivity contribution >= 4 is 5.97 Å². The average molecular weight is 330 g/mol. The molecule has 0 aliphatic rings. The van der Waals surface area contributed by atoms with Gasteiger partial charge in [0.2, 0.25) is 0 Å². The summed E-state index contributed by atoms with van der Waals surface area (Å²) in [4.78, 5) is 11.6. The molecule has 3 N–H and O–H groups in total. The fourth-order valence-corrected chi connectivity index (χ4v) is 2.46. The molecule has 2 aromatic carbocycles. The molecule has 0 amide bonds. The van der Waals surface area contributed by atoms with Gasteiger partial charge in [0.25, 0.3) is 0 Å². The van der Waals surface area contributed by atoms with Crippen molar-refractivity contribution in [3.05, 3.63) is 59.7 Å². The Labute approximate surface area is 139 Å². The molecular weight excluding hydrogens is 312 g/mol. The minimum absolute atomic E-state index is 0.0586. The Morgan fingerprint density at radius 3 is 2.33 bits per heavy atom. The molecule has 0 radical (unpaired) electrons. The Kier molecular flexibility index (Phi) is 4.99.